The lowest BCUT2D eigenvalue weighted by atomic mass is 10.3. The molecule has 0 unspecified atom stereocenters. The first-order valence-corrected chi connectivity index (χ1v) is 6.09. The summed E-state index contributed by atoms with van der Waals surface area (Å²) in [6.45, 7) is 0. The summed E-state index contributed by atoms with van der Waals surface area (Å²) in [5.41, 5.74) is 2.09. The Kier molecular flexibility index (Phi) is 2.85. The molecule has 0 bridgehead atoms. The number of hydrogen-bond acceptors (Lipinski definition) is 3. The third-order valence-electron chi connectivity index (χ3n) is 2.68. The molecule has 5 nitrogen and oxygen atoms in total. The van der Waals surface area contributed by atoms with E-state index in [1.165, 1.54) is 0 Å². The zero-order chi connectivity index (χ0) is 13.2. The molecule has 2 heterocycles. The number of H-pyrrole nitrogens is 2. The zero-order valence-electron chi connectivity index (χ0n) is 9.81. The van der Waals surface area contributed by atoms with Gasteiger partial charge in [0.05, 0.1) is 16.6 Å². The molecule has 2 aromatic heterocycles. The van der Waals surface area contributed by atoms with Gasteiger partial charge in [-0.15, -0.1) is 0 Å². The molecule has 0 saturated heterocycles. The van der Waals surface area contributed by atoms with Gasteiger partial charge in [-0.05, 0) is 24.3 Å². The Morgan fingerprint density at radius 3 is 2.84 bits per heavy atom. The molecule has 0 atom stereocenters. The fraction of sp³-hybridized carbons (Fsp3) is 0. The van der Waals surface area contributed by atoms with E-state index in [0.29, 0.717) is 16.2 Å². The number of hydrogen-bond donors (Lipinski definition) is 3. The molecule has 3 rings (SSSR count). The number of pyridine rings is 1. The van der Waals surface area contributed by atoms with E-state index >= 15 is 0 Å². The Morgan fingerprint density at radius 1 is 1.21 bits per heavy atom. The van der Waals surface area contributed by atoms with Crippen LogP contribution >= 0.6 is 12.2 Å². The maximum absolute atomic E-state index is 12.1. The molecule has 1 amide bonds. The number of benzene rings is 1. The van der Waals surface area contributed by atoms with E-state index < -0.39 is 0 Å². The molecule has 0 aliphatic heterocycles. The monoisotopic (exact) mass is 270 g/mol. The highest BCUT2D eigenvalue weighted by molar-refractivity contribution is 7.71. The average Bonchev–Trinajstić information content (AvgIpc) is 2.81. The molecule has 0 aliphatic carbocycles. The van der Waals surface area contributed by atoms with Crippen molar-refractivity contribution in [1.29, 1.82) is 0 Å². The van der Waals surface area contributed by atoms with Crippen molar-refractivity contribution in [1.82, 2.24) is 15.0 Å². The topological polar surface area (TPSA) is 73.6 Å². The van der Waals surface area contributed by atoms with Crippen LogP contribution in [0.3, 0.4) is 0 Å². The summed E-state index contributed by atoms with van der Waals surface area (Å²) in [5.74, 6) is 0.116. The summed E-state index contributed by atoms with van der Waals surface area (Å²) >= 11 is 5.06. The van der Waals surface area contributed by atoms with Gasteiger partial charge in [0.25, 0.3) is 5.91 Å². The predicted molar refractivity (Wildman–Crippen MR) is 75.7 cm³/mol. The van der Waals surface area contributed by atoms with E-state index in [9.17, 15) is 4.79 Å². The lowest BCUT2D eigenvalue weighted by Crippen LogP contribution is -2.13. The number of imidazole rings is 1. The molecule has 0 fully saturated rings. The van der Waals surface area contributed by atoms with Crippen LogP contribution in [-0.2, 0) is 0 Å². The number of carbonyl (C=O) groups excluding carboxylic acids is 1. The van der Waals surface area contributed by atoms with E-state index in [1.54, 1.807) is 18.3 Å². The van der Waals surface area contributed by atoms with Crippen molar-refractivity contribution >= 4 is 35.1 Å². The number of carbonyl (C=O) groups is 1. The second kappa shape index (κ2) is 4.66. The van der Waals surface area contributed by atoms with Crippen molar-refractivity contribution in [2.45, 2.75) is 0 Å². The van der Waals surface area contributed by atoms with Crippen LogP contribution in [0, 0.1) is 4.64 Å². The SMILES string of the molecule is O=C(Nc1nc2ccccc2[nH]1)c1ccc[nH]c1=S. The van der Waals surface area contributed by atoms with Crippen molar-refractivity contribution in [3.8, 4) is 0 Å². The number of amides is 1. The second-order valence-corrected chi connectivity index (χ2v) is 4.38. The molecular weight excluding hydrogens is 260 g/mol. The Hall–Kier alpha value is -2.47. The van der Waals surface area contributed by atoms with E-state index in [4.69, 9.17) is 12.2 Å². The third kappa shape index (κ3) is 2.25. The number of nitrogens with zero attached hydrogens (tertiary/aromatic N) is 1. The molecule has 1 aromatic carbocycles. The maximum atomic E-state index is 12.1. The highest BCUT2D eigenvalue weighted by Crippen LogP contribution is 2.14. The van der Waals surface area contributed by atoms with Gasteiger partial charge in [-0.1, -0.05) is 24.4 Å². The van der Waals surface area contributed by atoms with Crippen LogP contribution in [-0.4, -0.2) is 20.9 Å². The predicted octanol–water partition coefficient (Wildman–Crippen LogP) is 2.87. The van der Waals surface area contributed by atoms with Gasteiger partial charge < -0.3 is 9.97 Å². The molecule has 19 heavy (non-hydrogen) atoms. The number of para-hydroxylation sites is 2. The van der Waals surface area contributed by atoms with Crippen LogP contribution in [0.2, 0.25) is 0 Å². The molecule has 0 saturated carbocycles. The first-order chi connectivity index (χ1) is 9.24. The molecule has 3 aromatic rings. The zero-order valence-corrected chi connectivity index (χ0v) is 10.6. The van der Waals surface area contributed by atoms with Gasteiger partial charge in [-0.2, -0.15) is 0 Å². The van der Waals surface area contributed by atoms with Gasteiger partial charge in [-0.3, -0.25) is 10.1 Å². The summed E-state index contributed by atoms with van der Waals surface area (Å²) in [6, 6.07) is 10.9. The summed E-state index contributed by atoms with van der Waals surface area (Å²) < 4.78 is 0.399. The van der Waals surface area contributed by atoms with Crippen molar-refractivity contribution in [3.63, 3.8) is 0 Å². The van der Waals surface area contributed by atoms with Gasteiger partial charge in [0.1, 0.15) is 4.64 Å². The summed E-state index contributed by atoms with van der Waals surface area (Å²) in [6.07, 6.45) is 1.68. The quantitative estimate of drug-likeness (QED) is 0.627. The standard InChI is InChI=1S/C13H10N4OS/c18-11(8-4-3-7-14-12(8)19)17-13-15-9-5-1-2-6-10(9)16-13/h1-7H,(H,14,19)(H2,15,16,17,18). The van der Waals surface area contributed by atoms with Crippen LogP contribution in [0.1, 0.15) is 10.4 Å². The van der Waals surface area contributed by atoms with E-state index in [-0.39, 0.29) is 5.91 Å². The van der Waals surface area contributed by atoms with Crippen molar-refractivity contribution in [2.24, 2.45) is 0 Å². The van der Waals surface area contributed by atoms with Gasteiger partial charge in [0, 0.05) is 6.20 Å². The van der Waals surface area contributed by atoms with Crippen molar-refractivity contribution in [3.05, 3.63) is 52.8 Å². The summed E-state index contributed by atoms with van der Waals surface area (Å²) in [7, 11) is 0. The van der Waals surface area contributed by atoms with E-state index in [2.05, 4.69) is 20.3 Å². The normalized spacial score (nSPS) is 10.5. The minimum Gasteiger partial charge on any atom is -0.352 e. The van der Waals surface area contributed by atoms with Gasteiger partial charge >= 0.3 is 0 Å². The summed E-state index contributed by atoms with van der Waals surface area (Å²) in [4.78, 5) is 22.2. The Balaban J connectivity index is 1.91. The van der Waals surface area contributed by atoms with Crippen molar-refractivity contribution in [2.75, 3.05) is 5.32 Å². The number of fused-ring (bicyclic) bond motifs is 1. The van der Waals surface area contributed by atoms with Crippen LogP contribution in [0.25, 0.3) is 11.0 Å². The molecular formula is C13H10N4OS. The minimum atomic E-state index is -0.291. The third-order valence-corrected chi connectivity index (χ3v) is 3.02. The number of aromatic nitrogens is 3. The minimum absolute atomic E-state index is 0.291. The molecule has 0 spiro atoms. The number of aromatic amines is 2. The van der Waals surface area contributed by atoms with Crippen LogP contribution < -0.4 is 5.32 Å². The Morgan fingerprint density at radius 2 is 2.05 bits per heavy atom. The molecule has 3 N–H and O–H groups in total. The van der Waals surface area contributed by atoms with E-state index in [1.807, 2.05) is 24.3 Å². The lowest BCUT2D eigenvalue weighted by Gasteiger charge is -2.01. The van der Waals surface area contributed by atoms with Gasteiger partial charge in [0.2, 0.25) is 5.95 Å². The first-order valence-electron chi connectivity index (χ1n) is 5.68. The lowest BCUT2D eigenvalue weighted by molar-refractivity contribution is 0.102. The maximum Gasteiger partial charge on any atom is 0.260 e. The van der Waals surface area contributed by atoms with Crippen molar-refractivity contribution < 1.29 is 4.79 Å². The molecule has 0 aliphatic rings. The Bertz CT molecular complexity index is 772. The highest BCUT2D eigenvalue weighted by atomic mass is 32.1. The fourth-order valence-corrected chi connectivity index (χ4v) is 2.02. The largest absolute Gasteiger partial charge is 0.352 e. The number of nitrogens with one attached hydrogen (secondary N) is 3. The number of anilines is 1. The molecule has 94 valence electrons. The molecule has 0 radical (unpaired) electrons. The number of rotatable bonds is 2. The molecule has 6 heteroatoms. The smallest absolute Gasteiger partial charge is 0.260 e. The second-order valence-electron chi connectivity index (χ2n) is 3.97. The Labute approximate surface area is 113 Å². The summed E-state index contributed by atoms with van der Waals surface area (Å²) in [5, 5.41) is 2.70. The van der Waals surface area contributed by atoms with E-state index in [0.717, 1.165) is 11.0 Å². The van der Waals surface area contributed by atoms with Gasteiger partial charge in [0.15, 0.2) is 0 Å². The van der Waals surface area contributed by atoms with Crippen LogP contribution in [0.4, 0.5) is 5.95 Å². The fourth-order valence-electron chi connectivity index (χ4n) is 1.79. The van der Waals surface area contributed by atoms with Gasteiger partial charge in [-0.25, -0.2) is 4.98 Å². The highest BCUT2D eigenvalue weighted by Gasteiger charge is 2.10. The average molecular weight is 270 g/mol. The van der Waals surface area contributed by atoms with Crippen LogP contribution in [0.5, 0.6) is 0 Å². The van der Waals surface area contributed by atoms with Crippen LogP contribution in [0.15, 0.2) is 42.6 Å². The first kappa shape index (κ1) is 11.6.